The van der Waals surface area contributed by atoms with Crippen molar-refractivity contribution in [3.05, 3.63) is 23.8 Å². The third kappa shape index (κ3) is 5.89. The normalized spacial score (nSPS) is 17.7. The Morgan fingerprint density at radius 1 is 1.14 bits per heavy atom. The minimum atomic E-state index is 0. The van der Waals surface area contributed by atoms with E-state index in [1.807, 2.05) is 14.0 Å². The molecule has 1 aliphatic heterocycles. The molecule has 2 aliphatic rings. The third-order valence-electron chi connectivity index (χ3n) is 5.50. The highest BCUT2D eigenvalue weighted by molar-refractivity contribution is 14.0. The van der Waals surface area contributed by atoms with E-state index in [9.17, 15) is 0 Å². The average Bonchev–Trinajstić information content (AvgIpc) is 3.20. The second-order valence-corrected chi connectivity index (χ2v) is 7.25. The maximum atomic E-state index is 5.81. The molecule has 2 N–H and O–H groups in total. The van der Waals surface area contributed by atoms with Gasteiger partial charge in [-0.25, -0.2) is 0 Å². The van der Waals surface area contributed by atoms with Crippen molar-refractivity contribution in [3.63, 3.8) is 0 Å². The lowest BCUT2D eigenvalue weighted by Crippen LogP contribution is -2.45. The van der Waals surface area contributed by atoms with Crippen LogP contribution in [-0.4, -0.2) is 52.5 Å². The largest absolute Gasteiger partial charge is 0.486 e. The summed E-state index contributed by atoms with van der Waals surface area (Å²) in [6.07, 6.45) is 5.86. The molecule has 0 spiro atoms. The van der Waals surface area contributed by atoms with Gasteiger partial charge < -0.3 is 24.8 Å². The summed E-state index contributed by atoms with van der Waals surface area (Å²) < 4.78 is 16.9. The maximum Gasteiger partial charge on any atom is 0.191 e. The van der Waals surface area contributed by atoms with E-state index in [1.165, 1.54) is 31.2 Å². The van der Waals surface area contributed by atoms with Crippen LogP contribution in [0.15, 0.2) is 23.2 Å². The van der Waals surface area contributed by atoms with E-state index >= 15 is 0 Å². The van der Waals surface area contributed by atoms with Gasteiger partial charge in [-0.1, -0.05) is 18.9 Å². The molecule has 0 unspecified atom stereocenters. The van der Waals surface area contributed by atoms with E-state index in [2.05, 4.69) is 33.8 Å². The van der Waals surface area contributed by atoms with Crippen LogP contribution in [-0.2, 0) is 10.2 Å². The first-order valence-electron chi connectivity index (χ1n) is 10.2. The summed E-state index contributed by atoms with van der Waals surface area (Å²) in [7, 11) is 1.82. The summed E-state index contributed by atoms with van der Waals surface area (Å²) in [5.74, 6) is 2.59. The van der Waals surface area contributed by atoms with Crippen molar-refractivity contribution in [2.45, 2.75) is 44.4 Å². The number of hydrogen-bond donors (Lipinski definition) is 2. The molecule has 1 heterocycles. The van der Waals surface area contributed by atoms with Gasteiger partial charge in [-0.15, -0.1) is 24.0 Å². The number of benzene rings is 1. The molecule has 0 aromatic heterocycles. The molecule has 1 aliphatic carbocycles. The molecule has 28 heavy (non-hydrogen) atoms. The van der Waals surface area contributed by atoms with Gasteiger partial charge in [-0.3, -0.25) is 4.99 Å². The monoisotopic (exact) mass is 503 g/mol. The Balaban J connectivity index is 0.00000280. The summed E-state index contributed by atoms with van der Waals surface area (Å²) in [6, 6.07) is 6.45. The van der Waals surface area contributed by atoms with Gasteiger partial charge in [0.05, 0.1) is 0 Å². The molecule has 0 saturated heterocycles. The highest BCUT2D eigenvalue weighted by atomic mass is 127. The molecule has 1 aromatic rings. The lowest BCUT2D eigenvalue weighted by molar-refractivity contribution is 0.145. The molecule has 1 aromatic carbocycles. The second kappa shape index (κ2) is 11.7. The first-order chi connectivity index (χ1) is 13.3. The number of nitrogens with zero attached hydrogens (tertiary/aromatic N) is 1. The van der Waals surface area contributed by atoms with Gasteiger partial charge in [-0.2, -0.15) is 0 Å². The van der Waals surface area contributed by atoms with Crippen LogP contribution in [0.2, 0.25) is 0 Å². The Morgan fingerprint density at radius 3 is 2.61 bits per heavy atom. The zero-order valence-electron chi connectivity index (χ0n) is 17.1. The van der Waals surface area contributed by atoms with Crippen LogP contribution in [0.5, 0.6) is 11.5 Å². The molecular formula is C21H34IN3O3. The van der Waals surface area contributed by atoms with Gasteiger partial charge in [0.1, 0.15) is 13.2 Å². The van der Waals surface area contributed by atoms with Crippen molar-refractivity contribution in [1.82, 2.24) is 10.6 Å². The Labute approximate surface area is 185 Å². The van der Waals surface area contributed by atoms with Crippen molar-refractivity contribution in [3.8, 4) is 11.5 Å². The Hall–Kier alpha value is -1.22. The van der Waals surface area contributed by atoms with Gasteiger partial charge in [0.25, 0.3) is 0 Å². The average molecular weight is 503 g/mol. The van der Waals surface area contributed by atoms with Crippen LogP contribution in [0.1, 0.15) is 44.6 Å². The van der Waals surface area contributed by atoms with Crippen LogP contribution in [0.3, 0.4) is 0 Å². The fourth-order valence-corrected chi connectivity index (χ4v) is 3.99. The Bertz CT molecular complexity index is 633. The SMILES string of the molecule is CCOCCCNC(=NC)NCC1(c2ccc3c(c2)OCCO3)CCCC1.I. The van der Waals surface area contributed by atoms with E-state index in [-0.39, 0.29) is 29.4 Å². The fourth-order valence-electron chi connectivity index (χ4n) is 3.99. The molecule has 6 nitrogen and oxygen atoms in total. The molecular weight excluding hydrogens is 469 g/mol. The van der Waals surface area contributed by atoms with Crippen LogP contribution in [0.25, 0.3) is 0 Å². The predicted octanol–water partition coefficient (Wildman–Crippen LogP) is 3.48. The van der Waals surface area contributed by atoms with Gasteiger partial charge in [0.2, 0.25) is 0 Å². The summed E-state index contributed by atoms with van der Waals surface area (Å²) in [5, 5.41) is 6.93. The molecule has 158 valence electrons. The van der Waals surface area contributed by atoms with Crippen molar-refractivity contribution in [2.24, 2.45) is 4.99 Å². The molecule has 1 saturated carbocycles. The predicted molar refractivity (Wildman–Crippen MR) is 123 cm³/mol. The van der Waals surface area contributed by atoms with Crippen LogP contribution < -0.4 is 20.1 Å². The molecule has 1 fully saturated rings. The number of rotatable bonds is 8. The van der Waals surface area contributed by atoms with Gasteiger partial charge >= 0.3 is 0 Å². The minimum Gasteiger partial charge on any atom is -0.486 e. The van der Waals surface area contributed by atoms with Crippen LogP contribution >= 0.6 is 24.0 Å². The smallest absolute Gasteiger partial charge is 0.191 e. The molecule has 7 heteroatoms. The van der Waals surface area contributed by atoms with Gasteiger partial charge in [0.15, 0.2) is 17.5 Å². The minimum absolute atomic E-state index is 0. The lowest BCUT2D eigenvalue weighted by atomic mass is 9.78. The highest BCUT2D eigenvalue weighted by Crippen LogP contribution is 2.43. The molecule has 0 bridgehead atoms. The summed E-state index contributed by atoms with van der Waals surface area (Å²) in [5.41, 5.74) is 1.46. The van der Waals surface area contributed by atoms with Gasteiger partial charge in [0, 0.05) is 38.8 Å². The first-order valence-corrected chi connectivity index (χ1v) is 10.2. The van der Waals surface area contributed by atoms with E-state index in [0.29, 0.717) is 13.2 Å². The quantitative estimate of drug-likeness (QED) is 0.246. The lowest BCUT2D eigenvalue weighted by Gasteiger charge is -2.32. The number of hydrogen-bond acceptors (Lipinski definition) is 4. The second-order valence-electron chi connectivity index (χ2n) is 7.25. The first kappa shape index (κ1) is 23.1. The Kier molecular flexibility index (Phi) is 9.64. The van der Waals surface area contributed by atoms with Gasteiger partial charge in [-0.05, 0) is 43.9 Å². The van der Waals surface area contributed by atoms with E-state index in [4.69, 9.17) is 14.2 Å². The molecule has 0 atom stereocenters. The zero-order chi connectivity index (χ0) is 19.0. The topological polar surface area (TPSA) is 64.1 Å². The van der Waals surface area contributed by atoms with Crippen molar-refractivity contribution >= 4 is 29.9 Å². The highest BCUT2D eigenvalue weighted by Gasteiger charge is 2.36. The fraction of sp³-hybridized carbons (Fsp3) is 0.667. The number of nitrogens with one attached hydrogen (secondary N) is 2. The van der Waals surface area contributed by atoms with E-state index in [0.717, 1.165) is 50.2 Å². The standard InChI is InChI=1S/C21H33N3O3.HI/c1-3-25-12-6-11-23-20(22-2)24-16-21(9-4-5-10-21)17-7-8-18-19(15-17)27-14-13-26-18;/h7-8,15H,3-6,9-14,16H2,1-2H3,(H2,22,23,24);1H. The van der Waals surface area contributed by atoms with Crippen molar-refractivity contribution in [2.75, 3.05) is 46.6 Å². The maximum absolute atomic E-state index is 5.81. The Morgan fingerprint density at radius 2 is 1.89 bits per heavy atom. The van der Waals surface area contributed by atoms with E-state index in [1.54, 1.807) is 0 Å². The number of fused-ring (bicyclic) bond motifs is 1. The number of halogens is 1. The molecule has 0 radical (unpaired) electrons. The number of guanidine groups is 1. The number of aliphatic imine (C=N–C) groups is 1. The zero-order valence-corrected chi connectivity index (χ0v) is 19.4. The summed E-state index contributed by atoms with van der Waals surface area (Å²) in [6.45, 7) is 6.55. The summed E-state index contributed by atoms with van der Waals surface area (Å²) in [4.78, 5) is 4.37. The molecule has 3 rings (SSSR count). The molecule has 0 amide bonds. The van der Waals surface area contributed by atoms with Crippen molar-refractivity contribution in [1.29, 1.82) is 0 Å². The van der Waals surface area contributed by atoms with E-state index < -0.39 is 0 Å². The van der Waals surface area contributed by atoms with Crippen LogP contribution in [0, 0.1) is 0 Å². The van der Waals surface area contributed by atoms with Crippen molar-refractivity contribution < 1.29 is 14.2 Å². The third-order valence-corrected chi connectivity index (χ3v) is 5.50. The summed E-state index contributed by atoms with van der Waals surface area (Å²) >= 11 is 0. The number of ether oxygens (including phenoxy) is 3. The van der Waals surface area contributed by atoms with Crippen LogP contribution in [0.4, 0.5) is 0 Å².